The number of alkyl halides is 1. The zero-order valence-electron chi connectivity index (χ0n) is 16.1. The Hall–Kier alpha value is -2.10. The van der Waals surface area contributed by atoms with Crippen LogP contribution < -0.4 is 10.1 Å². The van der Waals surface area contributed by atoms with E-state index in [4.69, 9.17) is 9.47 Å². The number of thioether (sulfide) groups is 1. The molecule has 0 spiro atoms. The predicted octanol–water partition coefficient (Wildman–Crippen LogP) is 2.47. The Morgan fingerprint density at radius 3 is 2.87 bits per heavy atom. The van der Waals surface area contributed by atoms with Gasteiger partial charge in [0.25, 0.3) is 0 Å². The number of amides is 1. The van der Waals surface area contributed by atoms with Gasteiger partial charge in [-0.3, -0.25) is 0 Å². The molecule has 7 nitrogen and oxygen atoms in total. The van der Waals surface area contributed by atoms with Gasteiger partial charge in [0.15, 0.2) is 0 Å². The molecule has 0 aliphatic carbocycles. The number of fused-ring (bicyclic) bond motifs is 1. The summed E-state index contributed by atoms with van der Waals surface area (Å²) in [5.41, 5.74) is -1.40. The van der Waals surface area contributed by atoms with E-state index in [-0.39, 0.29) is 29.4 Å². The van der Waals surface area contributed by atoms with Crippen LogP contribution in [0.2, 0.25) is 0 Å². The number of carbonyl (C=O) groups excluding carboxylic acids is 1. The molecule has 4 rings (SSSR count). The molecule has 0 saturated carbocycles. The van der Waals surface area contributed by atoms with Crippen molar-refractivity contribution < 1.29 is 27.4 Å². The van der Waals surface area contributed by atoms with Crippen molar-refractivity contribution in [3.05, 3.63) is 47.4 Å². The minimum absolute atomic E-state index is 0.00825. The molecule has 1 amide bonds. The summed E-state index contributed by atoms with van der Waals surface area (Å²) >= 11 is 3.67. The number of hydrogen-bond donors (Lipinski definition) is 1. The van der Waals surface area contributed by atoms with Crippen LogP contribution >= 0.6 is 11.8 Å². The van der Waals surface area contributed by atoms with Crippen molar-refractivity contribution in [2.24, 2.45) is 10.9 Å². The fourth-order valence-corrected chi connectivity index (χ4v) is 5.58. The Morgan fingerprint density at radius 2 is 2.19 bits per heavy atom. The Morgan fingerprint density at radius 1 is 1.39 bits per heavy atom. The van der Waals surface area contributed by atoms with Gasteiger partial charge < -0.3 is 4.74 Å². The molecule has 162 valence electrons. The summed E-state index contributed by atoms with van der Waals surface area (Å²) in [7, 11) is 1.41. The van der Waals surface area contributed by atoms with Gasteiger partial charge in [-0.1, -0.05) is 0 Å². The van der Waals surface area contributed by atoms with Gasteiger partial charge >= 0.3 is 177 Å². The van der Waals surface area contributed by atoms with Gasteiger partial charge in [0.05, 0.1) is 7.11 Å². The molecule has 12 heteroatoms. The Bertz CT molecular complexity index is 1040. The van der Waals surface area contributed by atoms with E-state index < -0.39 is 41.8 Å². The molecule has 1 N–H and O–H groups in total. The third-order valence-electron chi connectivity index (χ3n) is 5.24. The van der Waals surface area contributed by atoms with E-state index >= 15 is 0 Å². The van der Waals surface area contributed by atoms with Gasteiger partial charge in [-0.2, -0.15) is 0 Å². The molecular weight excluding hydrogens is 496 g/mol. The number of benzene rings is 1. The second kappa shape index (κ2) is 8.80. The number of aromatic nitrogens is 2. The summed E-state index contributed by atoms with van der Waals surface area (Å²) in [4.78, 5) is 24.9. The van der Waals surface area contributed by atoms with Crippen LogP contribution in [0.1, 0.15) is 16.1 Å². The van der Waals surface area contributed by atoms with E-state index in [0.29, 0.717) is 9.58 Å². The first-order chi connectivity index (χ1) is 14.9. The van der Waals surface area contributed by atoms with Gasteiger partial charge in [-0.15, -0.1) is 0 Å². The van der Waals surface area contributed by atoms with E-state index in [1.165, 1.54) is 37.3 Å². The van der Waals surface area contributed by atoms with Crippen LogP contribution in [0.15, 0.2) is 29.5 Å². The molecular formula is C19H16AsF3N4O3S. The van der Waals surface area contributed by atoms with E-state index in [1.54, 1.807) is 0 Å². The van der Waals surface area contributed by atoms with Crippen molar-refractivity contribution in [1.29, 1.82) is 0 Å². The molecule has 1 saturated heterocycles. The van der Waals surface area contributed by atoms with Gasteiger partial charge in [-0.05, 0) is 0 Å². The summed E-state index contributed by atoms with van der Waals surface area (Å²) in [6.45, 7) is -0.848. The molecule has 3 atom stereocenters. The topological polar surface area (TPSA) is 85.7 Å². The first-order valence-corrected chi connectivity index (χ1v) is 11.1. The summed E-state index contributed by atoms with van der Waals surface area (Å²) in [6.07, 6.45) is 1.69. The summed E-state index contributed by atoms with van der Waals surface area (Å²) in [5, 5.41) is 2.49. The van der Waals surface area contributed by atoms with Crippen molar-refractivity contribution in [2.45, 2.75) is 11.6 Å². The third kappa shape index (κ3) is 4.06. The Kier molecular flexibility index (Phi) is 6.27. The van der Waals surface area contributed by atoms with Crippen molar-refractivity contribution >= 4 is 44.0 Å². The van der Waals surface area contributed by atoms with E-state index in [2.05, 4.69) is 37.1 Å². The zero-order chi connectivity index (χ0) is 22.2. The Labute approximate surface area is 188 Å². The first-order valence-electron chi connectivity index (χ1n) is 9.14. The molecule has 1 aromatic heterocycles. The van der Waals surface area contributed by atoms with Crippen LogP contribution in [0.5, 0.6) is 5.88 Å². The second-order valence-corrected chi connectivity index (χ2v) is 9.51. The SMILES string of the molecule is COc1cnc(C(=O)Nc2cc(F)c(F)c([C@]34CO[C@H](CF)[C@H]3CSC([As])=N4)c2)cn1. The van der Waals surface area contributed by atoms with E-state index in [1.807, 2.05) is 0 Å². The van der Waals surface area contributed by atoms with E-state index in [0.717, 1.165) is 6.07 Å². The average molecular weight is 512 g/mol. The van der Waals surface area contributed by atoms with Crippen LogP contribution in [0.4, 0.5) is 18.9 Å². The number of hydrogen-bond acceptors (Lipinski definition) is 7. The maximum absolute atomic E-state index is 14.9. The number of nitrogens with one attached hydrogen (secondary N) is 1. The monoisotopic (exact) mass is 512 g/mol. The normalized spacial score (nSPS) is 25.0. The van der Waals surface area contributed by atoms with Crippen LogP contribution in [0.3, 0.4) is 0 Å². The number of aliphatic imine (C=N–C) groups is 1. The van der Waals surface area contributed by atoms with Gasteiger partial charge in [0.1, 0.15) is 0 Å². The van der Waals surface area contributed by atoms with Crippen molar-refractivity contribution in [1.82, 2.24) is 9.97 Å². The Balaban J connectivity index is 1.71. The summed E-state index contributed by atoms with van der Waals surface area (Å²) in [5.74, 6) is -2.75. The number of rotatable bonds is 5. The average Bonchev–Trinajstić information content (AvgIpc) is 3.14. The van der Waals surface area contributed by atoms with E-state index in [9.17, 15) is 18.0 Å². The molecule has 2 aromatic rings. The fraction of sp³-hybridized carbons (Fsp3) is 0.368. The molecule has 0 unspecified atom stereocenters. The number of carbonyl (C=O) groups is 1. The first kappa shape index (κ1) is 22.1. The number of anilines is 1. The quantitative estimate of drug-likeness (QED) is 0.620. The second-order valence-electron chi connectivity index (χ2n) is 6.96. The minimum atomic E-state index is -1.28. The van der Waals surface area contributed by atoms with Crippen LogP contribution in [-0.2, 0) is 10.3 Å². The molecule has 1 aromatic carbocycles. The summed E-state index contributed by atoms with van der Waals surface area (Å²) in [6, 6.07) is 2.18. The number of halogens is 3. The zero-order valence-corrected chi connectivity index (χ0v) is 18.8. The fourth-order valence-electron chi connectivity index (χ4n) is 3.69. The van der Waals surface area contributed by atoms with Crippen LogP contribution in [0.25, 0.3) is 0 Å². The third-order valence-corrected chi connectivity index (χ3v) is 7.14. The molecule has 3 heterocycles. The maximum atomic E-state index is 14.9. The summed E-state index contributed by atoms with van der Waals surface area (Å²) < 4.78 is 54.0. The predicted molar refractivity (Wildman–Crippen MR) is 109 cm³/mol. The molecule has 2 aliphatic heterocycles. The van der Waals surface area contributed by atoms with Crippen LogP contribution in [-0.4, -0.2) is 68.8 Å². The van der Waals surface area contributed by atoms with Crippen LogP contribution in [0, 0.1) is 17.6 Å². The standard InChI is InChI=1S/C19H16AsF3N4O3S/c1-29-15-6-24-13(5-25-15)17(28)26-9-2-10(16(23)12(22)3-9)19-8-30-14(4-21)11(19)7-31-18(20)27-19/h2-3,5-6,11,14H,4,7-8H2,1H3,(H,26,28)/t11-,14-,19-/m1/s1. The molecule has 0 bridgehead atoms. The number of methoxy groups -OCH3 is 1. The van der Waals surface area contributed by atoms with Crippen molar-refractivity contribution in [3.8, 4) is 5.88 Å². The molecule has 31 heavy (non-hydrogen) atoms. The number of nitrogens with zero attached hydrogens (tertiary/aromatic N) is 3. The van der Waals surface area contributed by atoms with Crippen molar-refractivity contribution in [3.63, 3.8) is 0 Å². The van der Waals surface area contributed by atoms with Gasteiger partial charge in [0, 0.05) is 0 Å². The molecule has 2 radical (unpaired) electrons. The van der Waals surface area contributed by atoms with Gasteiger partial charge in [0.2, 0.25) is 0 Å². The van der Waals surface area contributed by atoms with Gasteiger partial charge in [-0.25, -0.2) is 0 Å². The molecule has 1 fully saturated rings. The van der Waals surface area contributed by atoms with Crippen molar-refractivity contribution in [2.75, 3.05) is 31.5 Å². The number of ether oxygens (including phenoxy) is 2. The molecule has 2 aliphatic rings.